The van der Waals surface area contributed by atoms with Crippen molar-refractivity contribution in [1.29, 1.82) is 0 Å². The van der Waals surface area contributed by atoms with Gasteiger partial charge in [0.1, 0.15) is 22.0 Å². The topological polar surface area (TPSA) is 128 Å². The monoisotopic (exact) mass is 432 g/mol. The highest BCUT2D eigenvalue weighted by Gasteiger charge is 2.26. The predicted octanol–water partition coefficient (Wildman–Crippen LogP) is 1.51. The Kier molecular flexibility index (Phi) is 6.06. The lowest BCUT2D eigenvalue weighted by atomic mass is 10.0. The Labute approximate surface area is 174 Å². The summed E-state index contributed by atoms with van der Waals surface area (Å²) in [6, 6.07) is 6.71. The van der Waals surface area contributed by atoms with Crippen LogP contribution in [-0.4, -0.2) is 37.9 Å². The fraction of sp³-hybridized carbons (Fsp3) is 0.300. The van der Waals surface area contributed by atoms with Crippen LogP contribution in [0.25, 0.3) is 10.2 Å². The summed E-state index contributed by atoms with van der Waals surface area (Å²) in [5, 5.41) is 19.3. The number of carbonyl (C=O) groups is 2. The van der Waals surface area contributed by atoms with E-state index in [0.717, 1.165) is 20.5 Å². The third-order valence-corrected chi connectivity index (χ3v) is 5.90. The third-order valence-electron chi connectivity index (χ3n) is 4.66. The molecule has 10 heteroatoms. The van der Waals surface area contributed by atoms with Crippen molar-refractivity contribution in [3.63, 3.8) is 0 Å². The van der Waals surface area contributed by atoms with Gasteiger partial charge in [0, 0.05) is 7.05 Å². The maximum Gasteiger partial charge on any atom is 0.348 e. The number of carbonyl (C=O) groups excluding carboxylic acids is 1. The number of esters is 1. The summed E-state index contributed by atoms with van der Waals surface area (Å²) in [4.78, 5) is 49.5. The number of benzene rings is 1. The standard InChI is InChI=1S/C20H20N2O7S/c1-3-29-19(27)16-12(9-8-11-6-4-5-7-13(11)23)15-17(26)21(2)20(28)22(10-14(24)25)18(15)30-16/h4-7,23H,3,8-10H2,1-2H3,(H,24,25). The number of aliphatic carboxylic acids is 1. The molecule has 0 radical (unpaired) electrons. The van der Waals surface area contributed by atoms with Crippen LogP contribution < -0.4 is 11.2 Å². The molecule has 2 heterocycles. The maximum absolute atomic E-state index is 12.9. The summed E-state index contributed by atoms with van der Waals surface area (Å²) in [6.07, 6.45) is 0.540. The Morgan fingerprint density at radius 1 is 1.17 bits per heavy atom. The molecular weight excluding hydrogens is 412 g/mol. The number of aromatic nitrogens is 2. The van der Waals surface area contributed by atoms with Crippen molar-refractivity contribution in [2.45, 2.75) is 26.3 Å². The van der Waals surface area contributed by atoms with Gasteiger partial charge in [0.2, 0.25) is 0 Å². The SMILES string of the molecule is CCOC(=O)c1sc2c(c1CCc1ccccc1O)c(=O)n(C)c(=O)n2CC(=O)O. The molecule has 2 N–H and O–H groups in total. The van der Waals surface area contributed by atoms with Crippen molar-refractivity contribution in [3.8, 4) is 5.75 Å². The lowest BCUT2D eigenvalue weighted by molar-refractivity contribution is -0.137. The minimum atomic E-state index is -1.25. The number of aromatic hydroxyl groups is 1. The summed E-state index contributed by atoms with van der Waals surface area (Å²) in [5.74, 6) is -1.81. The van der Waals surface area contributed by atoms with Gasteiger partial charge in [-0.1, -0.05) is 18.2 Å². The fourth-order valence-electron chi connectivity index (χ4n) is 3.24. The van der Waals surface area contributed by atoms with E-state index < -0.39 is 29.7 Å². The molecule has 2 aromatic heterocycles. The highest BCUT2D eigenvalue weighted by Crippen LogP contribution is 2.31. The minimum Gasteiger partial charge on any atom is -0.508 e. The number of nitrogens with zero attached hydrogens (tertiary/aromatic N) is 2. The highest BCUT2D eigenvalue weighted by molar-refractivity contribution is 7.20. The minimum absolute atomic E-state index is 0.0883. The first-order valence-electron chi connectivity index (χ1n) is 9.17. The molecule has 3 aromatic rings. The Morgan fingerprint density at radius 3 is 2.50 bits per heavy atom. The van der Waals surface area contributed by atoms with E-state index in [-0.39, 0.29) is 33.9 Å². The molecule has 0 bridgehead atoms. The molecule has 0 fully saturated rings. The molecule has 30 heavy (non-hydrogen) atoms. The van der Waals surface area contributed by atoms with Crippen LogP contribution in [0.15, 0.2) is 33.9 Å². The van der Waals surface area contributed by atoms with Crippen molar-refractivity contribution in [2.75, 3.05) is 6.61 Å². The fourth-order valence-corrected chi connectivity index (χ4v) is 4.47. The zero-order valence-corrected chi connectivity index (χ0v) is 17.2. The van der Waals surface area contributed by atoms with Gasteiger partial charge in [0.05, 0.1) is 12.0 Å². The summed E-state index contributed by atoms with van der Waals surface area (Å²) in [6.45, 7) is 1.11. The van der Waals surface area contributed by atoms with Crippen molar-refractivity contribution in [1.82, 2.24) is 9.13 Å². The average Bonchev–Trinajstić information content (AvgIpc) is 3.08. The van der Waals surface area contributed by atoms with Crippen LogP contribution in [0.5, 0.6) is 5.75 Å². The molecule has 9 nitrogen and oxygen atoms in total. The van der Waals surface area contributed by atoms with E-state index in [1.165, 1.54) is 13.1 Å². The second-order valence-corrected chi connectivity index (χ2v) is 7.56. The number of aryl methyl sites for hydroxylation is 2. The zero-order valence-electron chi connectivity index (χ0n) is 16.4. The van der Waals surface area contributed by atoms with E-state index in [0.29, 0.717) is 17.5 Å². The molecular formula is C20H20N2O7S. The van der Waals surface area contributed by atoms with Crippen molar-refractivity contribution >= 4 is 33.5 Å². The smallest absolute Gasteiger partial charge is 0.348 e. The van der Waals surface area contributed by atoms with E-state index in [4.69, 9.17) is 4.74 Å². The van der Waals surface area contributed by atoms with Crippen LogP contribution in [0.2, 0.25) is 0 Å². The first-order chi connectivity index (χ1) is 14.3. The number of para-hydroxylation sites is 1. The number of thiophene rings is 1. The lowest BCUT2D eigenvalue weighted by Crippen LogP contribution is -2.39. The van der Waals surface area contributed by atoms with Gasteiger partial charge in [0.25, 0.3) is 5.56 Å². The Hall–Kier alpha value is -3.40. The normalized spacial score (nSPS) is 11.0. The number of rotatable bonds is 7. The van der Waals surface area contributed by atoms with E-state index in [1.807, 2.05) is 0 Å². The van der Waals surface area contributed by atoms with E-state index in [9.17, 15) is 29.4 Å². The van der Waals surface area contributed by atoms with Crippen molar-refractivity contribution in [3.05, 3.63) is 61.1 Å². The molecule has 0 aliphatic carbocycles. The Balaban J connectivity index is 2.25. The van der Waals surface area contributed by atoms with Gasteiger partial charge in [-0.15, -0.1) is 11.3 Å². The van der Waals surface area contributed by atoms with E-state index in [2.05, 4.69) is 0 Å². The number of fused-ring (bicyclic) bond motifs is 1. The largest absolute Gasteiger partial charge is 0.508 e. The second kappa shape index (κ2) is 8.54. The molecule has 0 atom stereocenters. The molecule has 0 aliphatic heterocycles. The highest BCUT2D eigenvalue weighted by atomic mass is 32.1. The summed E-state index contributed by atoms with van der Waals surface area (Å²) >= 11 is 0.866. The zero-order chi connectivity index (χ0) is 22.0. The molecule has 1 aromatic carbocycles. The molecule has 0 saturated carbocycles. The van der Waals surface area contributed by atoms with Gasteiger partial charge in [-0.25, -0.2) is 9.59 Å². The molecule has 0 spiro atoms. The van der Waals surface area contributed by atoms with Crippen LogP contribution in [0, 0.1) is 0 Å². The number of carboxylic acid groups (broad SMARTS) is 1. The number of hydrogen-bond acceptors (Lipinski definition) is 7. The van der Waals surface area contributed by atoms with Crippen LogP contribution in [-0.2, 0) is 36.0 Å². The third kappa shape index (κ3) is 3.86. The average molecular weight is 432 g/mol. The van der Waals surface area contributed by atoms with Gasteiger partial charge >= 0.3 is 17.6 Å². The van der Waals surface area contributed by atoms with E-state index >= 15 is 0 Å². The number of ether oxygens (including phenoxy) is 1. The van der Waals surface area contributed by atoms with Gasteiger partial charge in [-0.3, -0.25) is 18.7 Å². The number of phenolic OH excluding ortho intramolecular Hbond substituents is 1. The predicted molar refractivity (Wildman–Crippen MR) is 110 cm³/mol. The van der Waals surface area contributed by atoms with Gasteiger partial charge < -0.3 is 14.9 Å². The molecule has 3 rings (SSSR count). The van der Waals surface area contributed by atoms with Crippen LogP contribution in [0.3, 0.4) is 0 Å². The molecule has 158 valence electrons. The number of hydrogen-bond donors (Lipinski definition) is 2. The lowest BCUT2D eigenvalue weighted by Gasteiger charge is -2.08. The van der Waals surface area contributed by atoms with Crippen LogP contribution in [0.4, 0.5) is 0 Å². The second-order valence-electron chi connectivity index (χ2n) is 6.57. The Bertz CT molecular complexity index is 1250. The van der Waals surface area contributed by atoms with Crippen molar-refractivity contribution < 1.29 is 24.5 Å². The van der Waals surface area contributed by atoms with Crippen LogP contribution in [0.1, 0.15) is 27.7 Å². The van der Waals surface area contributed by atoms with Crippen LogP contribution >= 0.6 is 11.3 Å². The van der Waals surface area contributed by atoms with Gasteiger partial charge in [-0.05, 0) is 37.0 Å². The molecule has 0 aliphatic rings. The van der Waals surface area contributed by atoms with Crippen molar-refractivity contribution in [2.24, 2.45) is 7.05 Å². The summed E-state index contributed by atoms with van der Waals surface area (Å²) in [7, 11) is 1.26. The summed E-state index contributed by atoms with van der Waals surface area (Å²) < 4.78 is 6.90. The number of phenols is 1. The number of carboxylic acids is 1. The maximum atomic E-state index is 12.9. The first-order valence-corrected chi connectivity index (χ1v) is 9.98. The quantitative estimate of drug-likeness (QED) is 0.542. The molecule has 0 saturated heterocycles. The molecule has 0 unspecified atom stereocenters. The Morgan fingerprint density at radius 2 is 1.87 bits per heavy atom. The van der Waals surface area contributed by atoms with Gasteiger partial charge in [0.15, 0.2) is 0 Å². The van der Waals surface area contributed by atoms with E-state index in [1.54, 1.807) is 25.1 Å². The first kappa shape index (κ1) is 21.3. The molecule has 0 amide bonds. The van der Waals surface area contributed by atoms with Gasteiger partial charge in [-0.2, -0.15) is 0 Å². The summed E-state index contributed by atoms with van der Waals surface area (Å²) in [5.41, 5.74) is -0.395.